The van der Waals surface area contributed by atoms with Crippen LogP contribution in [-0.4, -0.2) is 24.2 Å². The summed E-state index contributed by atoms with van der Waals surface area (Å²) in [4.78, 5) is 18.8. The molecule has 3 rings (SSSR count). The van der Waals surface area contributed by atoms with Crippen molar-refractivity contribution < 1.29 is 9.53 Å². The zero-order chi connectivity index (χ0) is 15.5. The molecule has 0 radical (unpaired) electrons. The average molecular weight is 337 g/mol. The maximum Gasteiger partial charge on any atom is 0.315 e. The third kappa shape index (κ3) is 3.48. The summed E-state index contributed by atoms with van der Waals surface area (Å²) in [5.74, 6) is 0. The Kier molecular flexibility index (Phi) is 4.75. The van der Waals surface area contributed by atoms with Gasteiger partial charge in [0.2, 0.25) is 0 Å². The second kappa shape index (κ2) is 6.76. The molecule has 0 bridgehead atoms. The van der Waals surface area contributed by atoms with E-state index in [-0.39, 0.29) is 18.2 Å². The molecule has 5 nitrogen and oxygen atoms in total. The third-order valence-corrected chi connectivity index (χ3v) is 5.67. The Morgan fingerprint density at radius 3 is 3.23 bits per heavy atom. The van der Waals surface area contributed by atoms with Crippen LogP contribution in [0.4, 0.5) is 4.79 Å². The standard InChI is InChI=1S/C15H19N3O2S2/c1-9-7-16-14(22-9)10(2)18-15(19)17-8-12-11-4-6-21-13(11)3-5-20-12/h4,6-7,10,12H,3,5,8H2,1-2H3,(H2,17,18,19). The number of aryl methyl sites for hydroxylation is 1. The lowest BCUT2D eigenvalue weighted by Gasteiger charge is -2.24. The summed E-state index contributed by atoms with van der Waals surface area (Å²) >= 11 is 3.36. The maximum atomic E-state index is 12.0. The number of thiazole rings is 1. The third-order valence-electron chi connectivity index (χ3n) is 3.58. The second-order valence-corrected chi connectivity index (χ2v) is 7.56. The fraction of sp³-hybridized carbons (Fsp3) is 0.467. The highest BCUT2D eigenvalue weighted by Gasteiger charge is 2.22. The number of hydrogen-bond donors (Lipinski definition) is 2. The molecule has 0 aromatic carbocycles. The van der Waals surface area contributed by atoms with Gasteiger partial charge < -0.3 is 15.4 Å². The van der Waals surface area contributed by atoms with Crippen molar-refractivity contribution in [1.29, 1.82) is 0 Å². The van der Waals surface area contributed by atoms with E-state index in [0.29, 0.717) is 6.54 Å². The molecule has 3 heterocycles. The molecule has 2 amide bonds. The predicted molar refractivity (Wildman–Crippen MR) is 88.5 cm³/mol. The van der Waals surface area contributed by atoms with Crippen LogP contribution in [0.5, 0.6) is 0 Å². The van der Waals surface area contributed by atoms with Gasteiger partial charge >= 0.3 is 6.03 Å². The molecule has 0 saturated carbocycles. The summed E-state index contributed by atoms with van der Waals surface area (Å²) in [6.07, 6.45) is 2.75. The van der Waals surface area contributed by atoms with Crippen LogP contribution in [0.3, 0.4) is 0 Å². The fourth-order valence-corrected chi connectivity index (χ4v) is 4.15. The maximum absolute atomic E-state index is 12.0. The Balaban J connectivity index is 1.51. The number of ether oxygens (including phenoxy) is 1. The summed E-state index contributed by atoms with van der Waals surface area (Å²) in [5.41, 5.74) is 1.21. The molecule has 2 unspecified atom stereocenters. The number of carbonyl (C=O) groups is 1. The summed E-state index contributed by atoms with van der Waals surface area (Å²) in [6, 6.07) is 1.80. The second-order valence-electron chi connectivity index (χ2n) is 5.29. The van der Waals surface area contributed by atoms with Crippen LogP contribution >= 0.6 is 22.7 Å². The first-order chi connectivity index (χ1) is 10.6. The Hall–Kier alpha value is -1.44. The van der Waals surface area contributed by atoms with Crippen molar-refractivity contribution in [2.24, 2.45) is 0 Å². The zero-order valence-corrected chi connectivity index (χ0v) is 14.2. The Bertz CT molecular complexity index is 653. The van der Waals surface area contributed by atoms with Gasteiger partial charge in [-0.1, -0.05) is 0 Å². The molecule has 0 saturated heterocycles. The van der Waals surface area contributed by atoms with Crippen LogP contribution in [-0.2, 0) is 11.2 Å². The number of amides is 2. The summed E-state index contributed by atoms with van der Waals surface area (Å²) in [5, 5.41) is 8.81. The number of urea groups is 1. The Morgan fingerprint density at radius 2 is 2.45 bits per heavy atom. The van der Waals surface area contributed by atoms with Crippen LogP contribution in [0.1, 0.15) is 39.4 Å². The highest BCUT2D eigenvalue weighted by Crippen LogP contribution is 2.30. The average Bonchev–Trinajstić information content (AvgIpc) is 3.13. The first-order valence-electron chi connectivity index (χ1n) is 7.28. The highest BCUT2D eigenvalue weighted by molar-refractivity contribution is 7.11. The molecule has 1 aliphatic heterocycles. The fourth-order valence-electron chi connectivity index (χ4n) is 2.46. The van der Waals surface area contributed by atoms with Crippen LogP contribution in [0.25, 0.3) is 0 Å². The van der Waals surface area contributed by atoms with Gasteiger partial charge in [-0.3, -0.25) is 0 Å². The number of rotatable bonds is 4. The van der Waals surface area contributed by atoms with Crippen molar-refractivity contribution in [1.82, 2.24) is 15.6 Å². The van der Waals surface area contributed by atoms with E-state index in [1.807, 2.05) is 20.0 Å². The van der Waals surface area contributed by atoms with Gasteiger partial charge in [-0.2, -0.15) is 0 Å². The number of nitrogens with one attached hydrogen (secondary N) is 2. The quantitative estimate of drug-likeness (QED) is 0.900. The van der Waals surface area contributed by atoms with Gasteiger partial charge in [0.25, 0.3) is 0 Å². The van der Waals surface area contributed by atoms with E-state index in [1.165, 1.54) is 10.4 Å². The van der Waals surface area contributed by atoms with Gasteiger partial charge in [-0.15, -0.1) is 22.7 Å². The first-order valence-corrected chi connectivity index (χ1v) is 8.97. The van der Waals surface area contributed by atoms with Crippen molar-refractivity contribution in [3.63, 3.8) is 0 Å². The molecule has 2 N–H and O–H groups in total. The van der Waals surface area contributed by atoms with Crippen LogP contribution < -0.4 is 10.6 Å². The lowest BCUT2D eigenvalue weighted by molar-refractivity contribution is 0.0453. The van der Waals surface area contributed by atoms with Gasteiger partial charge in [0.1, 0.15) is 11.1 Å². The van der Waals surface area contributed by atoms with E-state index in [4.69, 9.17) is 4.74 Å². The van der Waals surface area contributed by atoms with Crippen molar-refractivity contribution in [2.45, 2.75) is 32.4 Å². The number of nitrogens with zero attached hydrogens (tertiary/aromatic N) is 1. The molecule has 2 aromatic rings. The lowest BCUT2D eigenvalue weighted by Crippen LogP contribution is -2.40. The van der Waals surface area contributed by atoms with Crippen LogP contribution in [0.15, 0.2) is 17.6 Å². The van der Waals surface area contributed by atoms with E-state index in [0.717, 1.165) is 22.9 Å². The molecule has 0 fully saturated rings. The smallest absolute Gasteiger partial charge is 0.315 e. The highest BCUT2D eigenvalue weighted by atomic mass is 32.1. The monoisotopic (exact) mass is 337 g/mol. The van der Waals surface area contributed by atoms with Crippen molar-refractivity contribution >= 4 is 28.7 Å². The summed E-state index contributed by atoms with van der Waals surface area (Å²) in [6.45, 7) is 5.15. The zero-order valence-electron chi connectivity index (χ0n) is 12.6. The largest absolute Gasteiger partial charge is 0.371 e. The van der Waals surface area contributed by atoms with Crippen LogP contribution in [0, 0.1) is 6.92 Å². The minimum atomic E-state index is -0.189. The lowest BCUT2D eigenvalue weighted by atomic mass is 10.1. The minimum Gasteiger partial charge on any atom is -0.371 e. The SMILES string of the molecule is Cc1cnc(C(C)NC(=O)NCC2OCCc3sccc32)s1. The van der Waals surface area contributed by atoms with Crippen LogP contribution in [0.2, 0.25) is 0 Å². The predicted octanol–water partition coefficient (Wildman–Crippen LogP) is 3.19. The van der Waals surface area contributed by atoms with Crippen molar-refractivity contribution in [2.75, 3.05) is 13.2 Å². The number of fused-ring (bicyclic) bond motifs is 1. The summed E-state index contributed by atoms with van der Waals surface area (Å²) in [7, 11) is 0. The van der Waals surface area contributed by atoms with Gasteiger partial charge in [0.15, 0.2) is 0 Å². The van der Waals surface area contributed by atoms with Crippen molar-refractivity contribution in [3.8, 4) is 0 Å². The molecular weight excluding hydrogens is 318 g/mol. The molecule has 1 aliphatic rings. The topological polar surface area (TPSA) is 63.2 Å². The molecule has 22 heavy (non-hydrogen) atoms. The van der Waals surface area contributed by atoms with Crippen molar-refractivity contribution in [3.05, 3.63) is 38.0 Å². The molecule has 0 spiro atoms. The molecule has 2 aromatic heterocycles. The number of hydrogen-bond acceptors (Lipinski definition) is 5. The summed E-state index contributed by atoms with van der Waals surface area (Å²) < 4.78 is 5.76. The molecular formula is C15H19N3O2S2. The van der Waals surface area contributed by atoms with E-state index in [2.05, 4.69) is 27.1 Å². The van der Waals surface area contributed by atoms with E-state index in [1.54, 1.807) is 22.7 Å². The van der Waals surface area contributed by atoms with Gasteiger partial charge in [-0.05, 0) is 30.9 Å². The van der Waals surface area contributed by atoms with Gasteiger partial charge in [0, 0.05) is 28.9 Å². The number of aromatic nitrogens is 1. The molecule has 118 valence electrons. The van der Waals surface area contributed by atoms with Gasteiger partial charge in [-0.25, -0.2) is 9.78 Å². The van der Waals surface area contributed by atoms with E-state index < -0.39 is 0 Å². The number of carbonyl (C=O) groups excluding carboxylic acids is 1. The first kappa shape index (κ1) is 15.5. The molecule has 7 heteroatoms. The Labute approximate surface area is 137 Å². The number of thiophene rings is 1. The Morgan fingerprint density at radius 1 is 1.59 bits per heavy atom. The molecule has 2 atom stereocenters. The normalized spacial score (nSPS) is 18.5. The van der Waals surface area contributed by atoms with E-state index >= 15 is 0 Å². The minimum absolute atomic E-state index is 0.0434. The van der Waals surface area contributed by atoms with Gasteiger partial charge in [0.05, 0.1) is 12.6 Å². The molecule has 0 aliphatic carbocycles. The van der Waals surface area contributed by atoms with E-state index in [9.17, 15) is 4.79 Å².